The summed E-state index contributed by atoms with van der Waals surface area (Å²) in [5, 5.41) is 9.50. The largest absolute Gasteiger partial charge is 0.481 e. The fourth-order valence-corrected chi connectivity index (χ4v) is 3.29. The van der Waals surface area contributed by atoms with Crippen LogP contribution in [-0.2, 0) is 14.3 Å². The Balaban J connectivity index is 2.66. The number of aliphatic carboxylic acids is 1. The van der Waals surface area contributed by atoms with Gasteiger partial charge in [0.1, 0.15) is 5.41 Å². The molecule has 0 aromatic carbocycles. The predicted molar refractivity (Wildman–Crippen MR) is 81.0 cm³/mol. The number of piperidine rings is 1. The summed E-state index contributed by atoms with van der Waals surface area (Å²) in [4.78, 5) is 25.7. The Morgan fingerprint density at radius 2 is 2.00 bits per heavy atom. The smallest absolute Gasteiger partial charge is 0.313 e. The van der Waals surface area contributed by atoms with E-state index >= 15 is 0 Å². The molecule has 0 bridgehead atoms. The lowest BCUT2D eigenvalue weighted by Crippen LogP contribution is -2.52. The van der Waals surface area contributed by atoms with Crippen molar-refractivity contribution in [2.45, 2.75) is 46.5 Å². The van der Waals surface area contributed by atoms with Crippen LogP contribution >= 0.6 is 0 Å². The van der Waals surface area contributed by atoms with E-state index in [1.807, 2.05) is 0 Å². The van der Waals surface area contributed by atoms with Crippen molar-refractivity contribution in [2.24, 2.45) is 17.3 Å². The summed E-state index contributed by atoms with van der Waals surface area (Å²) in [6.45, 7) is 7.47. The van der Waals surface area contributed by atoms with E-state index in [-0.39, 0.29) is 19.1 Å². The molecule has 1 fully saturated rings. The Morgan fingerprint density at radius 3 is 2.52 bits per heavy atom. The lowest BCUT2D eigenvalue weighted by molar-refractivity contribution is -0.159. The third-order valence-corrected chi connectivity index (χ3v) is 4.20. The Hall–Kier alpha value is -1.10. The van der Waals surface area contributed by atoms with Crippen molar-refractivity contribution in [3.63, 3.8) is 0 Å². The molecule has 0 saturated carbocycles. The van der Waals surface area contributed by atoms with Crippen molar-refractivity contribution in [1.82, 2.24) is 4.90 Å². The third kappa shape index (κ3) is 4.99. The van der Waals surface area contributed by atoms with Crippen LogP contribution in [0.25, 0.3) is 0 Å². The van der Waals surface area contributed by atoms with E-state index in [0.717, 1.165) is 12.8 Å². The summed E-state index contributed by atoms with van der Waals surface area (Å²) >= 11 is 0. The molecule has 2 unspecified atom stereocenters. The number of carboxylic acid groups (broad SMARTS) is 1. The molecule has 0 aromatic rings. The van der Waals surface area contributed by atoms with Gasteiger partial charge >= 0.3 is 5.97 Å². The molecule has 5 heteroatoms. The second kappa shape index (κ2) is 7.78. The minimum absolute atomic E-state index is 0.0737. The van der Waals surface area contributed by atoms with Crippen LogP contribution < -0.4 is 0 Å². The number of ether oxygens (including phenoxy) is 1. The van der Waals surface area contributed by atoms with Crippen LogP contribution in [0.5, 0.6) is 0 Å². The van der Waals surface area contributed by atoms with Crippen molar-refractivity contribution in [2.75, 3.05) is 26.8 Å². The average Bonchev–Trinajstić information content (AvgIpc) is 2.38. The summed E-state index contributed by atoms with van der Waals surface area (Å²) in [6.07, 6.45) is 2.81. The van der Waals surface area contributed by atoms with Crippen molar-refractivity contribution in [1.29, 1.82) is 0 Å². The van der Waals surface area contributed by atoms with E-state index in [1.54, 1.807) is 4.90 Å². The van der Waals surface area contributed by atoms with E-state index in [2.05, 4.69) is 20.8 Å². The number of likely N-dealkylation sites (tertiary alicyclic amines) is 1. The number of hydrogen-bond donors (Lipinski definition) is 1. The number of carbonyl (C=O) groups is 2. The minimum Gasteiger partial charge on any atom is -0.481 e. The molecular formula is C16H29NO4. The third-order valence-electron chi connectivity index (χ3n) is 4.20. The van der Waals surface area contributed by atoms with Crippen LogP contribution in [0.1, 0.15) is 46.5 Å². The van der Waals surface area contributed by atoms with Gasteiger partial charge in [0.15, 0.2) is 0 Å². The molecule has 122 valence electrons. The maximum atomic E-state index is 12.4. The number of carbonyl (C=O) groups excluding carboxylic acids is 1. The first kappa shape index (κ1) is 18.0. The summed E-state index contributed by atoms with van der Waals surface area (Å²) < 4.78 is 5.09. The zero-order valence-corrected chi connectivity index (χ0v) is 13.7. The molecule has 1 amide bonds. The zero-order valence-electron chi connectivity index (χ0n) is 13.7. The fourth-order valence-electron chi connectivity index (χ4n) is 3.29. The highest BCUT2D eigenvalue weighted by molar-refractivity contribution is 5.80. The monoisotopic (exact) mass is 299 g/mol. The van der Waals surface area contributed by atoms with Gasteiger partial charge in [-0.05, 0) is 31.1 Å². The van der Waals surface area contributed by atoms with Crippen LogP contribution in [-0.4, -0.2) is 48.7 Å². The van der Waals surface area contributed by atoms with Gasteiger partial charge in [0, 0.05) is 26.6 Å². The molecule has 21 heavy (non-hydrogen) atoms. The summed E-state index contributed by atoms with van der Waals surface area (Å²) in [5.41, 5.74) is -0.941. The van der Waals surface area contributed by atoms with Crippen molar-refractivity contribution in [3.05, 3.63) is 0 Å². The van der Waals surface area contributed by atoms with E-state index < -0.39 is 11.4 Å². The normalized spacial score (nSPS) is 24.1. The van der Waals surface area contributed by atoms with Crippen LogP contribution in [0.2, 0.25) is 0 Å². The quantitative estimate of drug-likeness (QED) is 0.784. The molecule has 0 spiro atoms. The van der Waals surface area contributed by atoms with E-state index in [0.29, 0.717) is 31.2 Å². The average molecular weight is 299 g/mol. The van der Waals surface area contributed by atoms with Crippen LogP contribution in [0, 0.1) is 17.3 Å². The number of methoxy groups -OCH3 is 1. The standard InChI is InChI=1S/C16H29NO4/c1-12(2)8-13(3)9-14(18)17-7-5-6-16(10-17,11-21-4)15(19)20/h12-13H,5-11H2,1-4H3,(H,19,20). The highest BCUT2D eigenvalue weighted by atomic mass is 16.5. The van der Waals surface area contributed by atoms with Gasteiger partial charge < -0.3 is 14.7 Å². The molecule has 5 nitrogen and oxygen atoms in total. The summed E-state index contributed by atoms with van der Waals surface area (Å²) in [7, 11) is 1.51. The molecule has 0 aliphatic carbocycles. The first-order valence-corrected chi connectivity index (χ1v) is 7.81. The van der Waals surface area contributed by atoms with Gasteiger partial charge in [-0.2, -0.15) is 0 Å². The van der Waals surface area contributed by atoms with E-state index in [9.17, 15) is 14.7 Å². The summed E-state index contributed by atoms with van der Waals surface area (Å²) in [5.74, 6) is 0.114. The summed E-state index contributed by atoms with van der Waals surface area (Å²) in [6, 6.07) is 0. The van der Waals surface area contributed by atoms with E-state index in [1.165, 1.54) is 7.11 Å². The molecule has 0 radical (unpaired) electrons. The zero-order chi connectivity index (χ0) is 16.0. The lowest BCUT2D eigenvalue weighted by atomic mass is 9.80. The molecule has 1 N–H and O–H groups in total. The van der Waals surface area contributed by atoms with Gasteiger partial charge in [0.25, 0.3) is 0 Å². The molecular weight excluding hydrogens is 270 g/mol. The maximum Gasteiger partial charge on any atom is 0.313 e. The molecule has 1 heterocycles. The number of carboxylic acids is 1. The van der Waals surface area contributed by atoms with Gasteiger partial charge in [0.05, 0.1) is 6.61 Å². The van der Waals surface area contributed by atoms with Crippen molar-refractivity contribution < 1.29 is 19.4 Å². The maximum absolute atomic E-state index is 12.4. The number of nitrogens with zero attached hydrogens (tertiary/aromatic N) is 1. The second-order valence-electron chi connectivity index (χ2n) is 6.88. The first-order valence-electron chi connectivity index (χ1n) is 7.81. The lowest BCUT2D eigenvalue weighted by Gasteiger charge is -2.39. The molecule has 1 aliphatic rings. The highest BCUT2D eigenvalue weighted by Crippen LogP contribution is 2.31. The number of rotatable bonds is 7. The second-order valence-corrected chi connectivity index (χ2v) is 6.88. The molecule has 1 rings (SSSR count). The first-order chi connectivity index (χ1) is 9.80. The van der Waals surface area contributed by atoms with Gasteiger partial charge in [0.2, 0.25) is 5.91 Å². The Labute approximate surface area is 127 Å². The number of hydrogen-bond acceptors (Lipinski definition) is 3. The Morgan fingerprint density at radius 1 is 1.33 bits per heavy atom. The van der Waals surface area contributed by atoms with Crippen LogP contribution in [0.3, 0.4) is 0 Å². The molecule has 2 atom stereocenters. The van der Waals surface area contributed by atoms with E-state index in [4.69, 9.17) is 4.74 Å². The fraction of sp³-hybridized carbons (Fsp3) is 0.875. The van der Waals surface area contributed by atoms with Crippen LogP contribution in [0.15, 0.2) is 0 Å². The van der Waals surface area contributed by atoms with Gasteiger partial charge in [-0.1, -0.05) is 20.8 Å². The Bertz CT molecular complexity index is 365. The van der Waals surface area contributed by atoms with Gasteiger partial charge in [-0.15, -0.1) is 0 Å². The minimum atomic E-state index is -0.941. The molecule has 0 aromatic heterocycles. The van der Waals surface area contributed by atoms with Crippen molar-refractivity contribution in [3.8, 4) is 0 Å². The molecule has 1 aliphatic heterocycles. The van der Waals surface area contributed by atoms with Gasteiger partial charge in [-0.25, -0.2) is 0 Å². The van der Waals surface area contributed by atoms with Crippen molar-refractivity contribution >= 4 is 11.9 Å². The number of amides is 1. The topological polar surface area (TPSA) is 66.8 Å². The highest BCUT2D eigenvalue weighted by Gasteiger charge is 2.43. The van der Waals surface area contributed by atoms with Gasteiger partial charge in [-0.3, -0.25) is 9.59 Å². The Kier molecular flexibility index (Phi) is 6.65. The molecule has 1 saturated heterocycles. The van der Waals surface area contributed by atoms with Crippen LogP contribution in [0.4, 0.5) is 0 Å². The predicted octanol–water partition coefficient (Wildman–Crippen LogP) is 2.40. The SMILES string of the molecule is COCC1(C(=O)O)CCCN(C(=O)CC(C)CC(C)C)C1.